The smallest absolute Gasteiger partial charge is 0.258 e. The minimum Gasteiger partial charge on any atom is -0.278 e. The standard InChI is InChI=1S/C27H33BN6/c1-7-13-19-25(20(14-8-2)30-29-19)28(26-21(15-9-3)31-32-22(26)16-10-4)27-23(17-11-5)33-34-24(27)18-12-6/h7-18H,1-6H3,(H,29,30)(H,31,32)(H,33,34). The van der Waals surface area contributed by atoms with E-state index in [0.717, 1.165) is 50.6 Å². The van der Waals surface area contributed by atoms with Crippen molar-refractivity contribution in [2.24, 2.45) is 0 Å². The highest BCUT2D eigenvalue weighted by Gasteiger charge is 2.36. The van der Waals surface area contributed by atoms with Crippen molar-refractivity contribution in [3.05, 3.63) is 70.6 Å². The summed E-state index contributed by atoms with van der Waals surface area (Å²) in [5.74, 6) is 0. The van der Waals surface area contributed by atoms with E-state index >= 15 is 0 Å². The monoisotopic (exact) mass is 452 g/mol. The summed E-state index contributed by atoms with van der Waals surface area (Å²) in [7, 11) is 0. The number of nitrogens with zero attached hydrogens (tertiary/aromatic N) is 3. The quantitative estimate of drug-likeness (QED) is 0.416. The Morgan fingerprint density at radius 1 is 0.441 bits per heavy atom. The first-order chi connectivity index (χ1) is 16.6. The molecule has 3 heterocycles. The molecule has 0 bridgehead atoms. The molecule has 0 radical (unpaired) electrons. The van der Waals surface area contributed by atoms with Crippen LogP contribution in [-0.4, -0.2) is 37.3 Å². The Morgan fingerprint density at radius 2 is 0.706 bits per heavy atom. The van der Waals surface area contributed by atoms with Gasteiger partial charge in [-0.15, -0.1) is 0 Å². The van der Waals surface area contributed by atoms with E-state index < -0.39 is 0 Å². The molecule has 0 aromatic carbocycles. The van der Waals surface area contributed by atoms with Crippen LogP contribution in [0.3, 0.4) is 0 Å². The minimum atomic E-state index is -0.191. The van der Waals surface area contributed by atoms with Gasteiger partial charge in [-0.25, -0.2) is 0 Å². The van der Waals surface area contributed by atoms with Crippen LogP contribution in [0.2, 0.25) is 0 Å². The molecule has 3 N–H and O–H groups in total. The maximum absolute atomic E-state index is 4.67. The van der Waals surface area contributed by atoms with E-state index in [1.165, 1.54) is 0 Å². The van der Waals surface area contributed by atoms with E-state index in [4.69, 9.17) is 0 Å². The van der Waals surface area contributed by atoms with Gasteiger partial charge >= 0.3 is 0 Å². The zero-order valence-electron chi connectivity index (χ0n) is 20.8. The third-order valence-electron chi connectivity index (χ3n) is 5.43. The first-order valence-corrected chi connectivity index (χ1v) is 11.7. The Labute approximate surface area is 202 Å². The largest absolute Gasteiger partial charge is 0.278 e. The summed E-state index contributed by atoms with van der Waals surface area (Å²) in [6.45, 7) is 11.9. The van der Waals surface area contributed by atoms with Crippen molar-refractivity contribution < 1.29 is 0 Å². The molecule has 7 heteroatoms. The van der Waals surface area contributed by atoms with Crippen LogP contribution in [0.5, 0.6) is 0 Å². The predicted octanol–water partition coefficient (Wildman–Crippen LogP) is 4.57. The third-order valence-corrected chi connectivity index (χ3v) is 5.43. The van der Waals surface area contributed by atoms with Crippen LogP contribution in [0.4, 0.5) is 0 Å². The topological polar surface area (TPSA) is 86.0 Å². The Bertz CT molecular complexity index is 1030. The highest BCUT2D eigenvalue weighted by molar-refractivity contribution is 6.97. The van der Waals surface area contributed by atoms with E-state index in [9.17, 15) is 0 Å². The van der Waals surface area contributed by atoms with Crippen molar-refractivity contribution in [3.8, 4) is 0 Å². The molecule has 0 amide bonds. The second-order valence-corrected chi connectivity index (χ2v) is 7.74. The summed E-state index contributed by atoms with van der Waals surface area (Å²) < 4.78 is 0. The molecule has 0 atom stereocenters. The van der Waals surface area contributed by atoms with Crippen LogP contribution < -0.4 is 16.4 Å². The summed E-state index contributed by atoms with van der Waals surface area (Å²) in [5.41, 5.74) is 8.76. The number of aromatic nitrogens is 6. The molecule has 174 valence electrons. The average Bonchev–Trinajstić information content (AvgIpc) is 3.51. The molecule has 3 aromatic rings. The molecule has 0 aliphatic heterocycles. The van der Waals surface area contributed by atoms with Gasteiger partial charge in [0, 0.05) is 0 Å². The van der Waals surface area contributed by atoms with Gasteiger partial charge in [0.15, 0.2) is 0 Å². The average molecular weight is 452 g/mol. The molecule has 3 aromatic heterocycles. The molecule has 0 saturated heterocycles. The SMILES string of the molecule is CC=Cc1n[nH]c(C=CC)c1B(c1c(C=CC)n[nH]c1C=CC)c1c(C=CC)n[nH]c1C=CC. The number of hydrogen-bond donors (Lipinski definition) is 3. The predicted molar refractivity (Wildman–Crippen MR) is 149 cm³/mol. The molecule has 34 heavy (non-hydrogen) atoms. The molecule has 0 aliphatic carbocycles. The van der Waals surface area contributed by atoms with Crippen LogP contribution in [-0.2, 0) is 0 Å². The number of aromatic amines is 3. The van der Waals surface area contributed by atoms with Crippen molar-refractivity contribution in [1.29, 1.82) is 0 Å². The van der Waals surface area contributed by atoms with Crippen molar-refractivity contribution >= 4 is 59.6 Å². The first kappa shape index (κ1) is 24.8. The molecule has 0 unspecified atom stereocenters. The molecule has 0 aliphatic rings. The van der Waals surface area contributed by atoms with Gasteiger partial charge in [0.05, 0.1) is 34.2 Å². The summed E-state index contributed by atoms with van der Waals surface area (Å²) in [6, 6.07) is 0. The van der Waals surface area contributed by atoms with Crippen molar-refractivity contribution in [3.63, 3.8) is 0 Å². The maximum atomic E-state index is 4.67. The summed E-state index contributed by atoms with van der Waals surface area (Å²) in [5, 5.41) is 23.8. The fraction of sp³-hybridized carbons (Fsp3) is 0.222. The molecule has 3 rings (SSSR count). The molecular weight excluding hydrogens is 419 g/mol. The van der Waals surface area contributed by atoms with Crippen LogP contribution in [0, 0.1) is 0 Å². The second kappa shape index (κ2) is 11.8. The lowest BCUT2D eigenvalue weighted by atomic mass is 9.34. The lowest BCUT2D eigenvalue weighted by Crippen LogP contribution is -2.56. The molecule has 0 spiro atoms. The summed E-state index contributed by atoms with van der Waals surface area (Å²) >= 11 is 0. The molecule has 6 nitrogen and oxygen atoms in total. The van der Waals surface area contributed by atoms with Crippen LogP contribution in [0.1, 0.15) is 75.7 Å². The van der Waals surface area contributed by atoms with E-state index in [1.54, 1.807) is 0 Å². The Balaban J connectivity index is 2.54. The van der Waals surface area contributed by atoms with Gasteiger partial charge in [0.2, 0.25) is 0 Å². The highest BCUT2D eigenvalue weighted by Crippen LogP contribution is 2.14. The molecule has 0 saturated carbocycles. The second-order valence-electron chi connectivity index (χ2n) is 7.74. The normalized spacial score (nSPS) is 12.9. The van der Waals surface area contributed by atoms with Crippen molar-refractivity contribution in [1.82, 2.24) is 30.6 Å². The lowest BCUT2D eigenvalue weighted by molar-refractivity contribution is 1.07. The Hall–Kier alpha value is -3.87. The molecular formula is C27H33BN6. The molecule has 0 fully saturated rings. The Morgan fingerprint density at radius 3 is 0.941 bits per heavy atom. The van der Waals surface area contributed by atoms with Gasteiger partial charge in [0.25, 0.3) is 6.71 Å². The maximum Gasteiger partial charge on any atom is 0.258 e. The number of nitrogens with one attached hydrogen (secondary N) is 3. The number of hydrogen-bond acceptors (Lipinski definition) is 3. The summed E-state index contributed by atoms with van der Waals surface area (Å²) in [6.07, 6.45) is 24.4. The first-order valence-electron chi connectivity index (χ1n) is 11.7. The van der Waals surface area contributed by atoms with Crippen molar-refractivity contribution in [2.75, 3.05) is 0 Å². The number of allylic oxidation sites excluding steroid dienone is 6. The van der Waals surface area contributed by atoms with Gasteiger partial charge in [-0.3, -0.25) is 15.3 Å². The lowest BCUT2D eigenvalue weighted by Gasteiger charge is -2.17. The number of rotatable bonds is 9. The van der Waals surface area contributed by atoms with E-state index in [-0.39, 0.29) is 6.71 Å². The van der Waals surface area contributed by atoms with Crippen LogP contribution >= 0.6 is 0 Å². The van der Waals surface area contributed by atoms with Crippen molar-refractivity contribution in [2.45, 2.75) is 41.5 Å². The Kier molecular flexibility index (Phi) is 8.63. The zero-order chi connectivity index (χ0) is 24.5. The van der Waals surface area contributed by atoms with Gasteiger partial charge in [-0.2, -0.15) is 15.3 Å². The van der Waals surface area contributed by atoms with Gasteiger partial charge < -0.3 is 0 Å². The summed E-state index contributed by atoms with van der Waals surface area (Å²) in [4.78, 5) is 0. The third kappa shape index (κ3) is 4.88. The van der Waals surface area contributed by atoms with Gasteiger partial charge in [0.1, 0.15) is 0 Å². The fourth-order valence-corrected chi connectivity index (χ4v) is 4.22. The highest BCUT2D eigenvalue weighted by atomic mass is 15.1. The van der Waals surface area contributed by atoms with Gasteiger partial charge in [-0.05, 0) is 94.4 Å². The zero-order valence-corrected chi connectivity index (χ0v) is 20.8. The fourth-order valence-electron chi connectivity index (χ4n) is 4.22. The number of H-pyrrole nitrogens is 3. The van der Waals surface area contributed by atoms with Gasteiger partial charge in [-0.1, -0.05) is 36.5 Å². The minimum absolute atomic E-state index is 0.191. The van der Waals surface area contributed by atoms with E-state index in [1.807, 2.05) is 96.2 Å². The van der Waals surface area contributed by atoms with Crippen LogP contribution in [0.15, 0.2) is 36.5 Å². The van der Waals surface area contributed by atoms with E-state index in [0.29, 0.717) is 0 Å². The van der Waals surface area contributed by atoms with E-state index in [2.05, 4.69) is 48.8 Å². The van der Waals surface area contributed by atoms with Crippen LogP contribution in [0.25, 0.3) is 36.5 Å².